The topological polar surface area (TPSA) is 94.1 Å². The molecule has 214 valence electrons. The maximum absolute atomic E-state index is 14.2. The number of aromatic nitrogens is 2. The van der Waals surface area contributed by atoms with Gasteiger partial charge in [0.05, 0.1) is 18.3 Å². The SMILES string of the molecule is COCCN1CCC2(CC1)N=C(c1ccc(-c3ccc4[nH]ncc4c3)cc1)N(C[C@@H]1CCN(C(=O)C3CC3)C1)C2=O. The van der Waals surface area contributed by atoms with Gasteiger partial charge in [0.1, 0.15) is 11.4 Å². The average Bonchev–Trinajstić information content (AvgIpc) is 3.46. The monoisotopic (exact) mass is 554 g/mol. The van der Waals surface area contributed by atoms with Gasteiger partial charge in [-0.1, -0.05) is 30.3 Å². The molecule has 1 N–H and O–H groups in total. The van der Waals surface area contributed by atoms with E-state index in [4.69, 9.17) is 9.73 Å². The first kappa shape index (κ1) is 26.3. The number of piperidine rings is 1. The summed E-state index contributed by atoms with van der Waals surface area (Å²) in [6.45, 7) is 5.38. The molecule has 7 rings (SSSR count). The molecule has 4 heterocycles. The lowest BCUT2D eigenvalue weighted by Crippen LogP contribution is -2.51. The van der Waals surface area contributed by atoms with E-state index in [0.29, 0.717) is 19.1 Å². The second-order valence-corrected chi connectivity index (χ2v) is 12.2. The molecule has 1 aromatic heterocycles. The fourth-order valence-electron chi connectivity index (χ4n) is 6.70. The van der Waals surface area contributed by atoms with Crippen molar-refractivity contribution in [1.82, 2.24) is 24.9 Å². The van der Waals surface area contributed by atoms with Crippen molar-refractivity contribution in [1.29, 1.82) is 0 Å². The van der Waals surface area contributed by atoms with E-state index in [1.807, 2.05) is 16.0 Å². The number of fused-ring (bicyclic) bond motifs is 1. The minimum Gasteiger partial charge on any atom is -0.383 e. The third-order valence-electron chi connectivity index (χ3n) is 9.40. The maximum Gasteiger partial charge on any atom is 0.256 e. The number of nitrogens with one attached hydrogen (secondary N) is 1. The number of nitrogens with zero attached hydrogens (tertiary/aromatic N) is 5. The zero-order valence-corrected chi connectivity index (χ0v) is 23.7. The zero-order valence-electron chi connectivity index (χ0n) is 23.7. The highest BCUT2D eigenvalue weighted by Gasteiger charge is 2.50. The second kappa shape index (κ2) is 10.7. The molecular weight excluding hydrogens is 516 g/mol. The van der Waals surface area contributed by atoms with Crippen molar-refractivity contribution in [3.05, 3.63) is 54.2 Å². The van der Waals surface area contributed by atoms with Crippen LogP contribution in [0, 0.1) is 11.8 Å². The normalized spacial score (nSPS) is 22.7. The first-order chi connectivity index (χ1) is 20.0. The molecule has 3 aliphatic heterocycles. The molecule has 1 aliphatic carbocycles. The summed E-state index contributed by atoms with van der Waals surface area (Å²) in [4.78, 5) is 38.5. The maximum atomic E-state index is 14.2. The molecule has 0 bridgehead atoms. The van der Waals surface area contributed by atoms with Crippen LogP contribution in [0.2, 0.25) is 0 Å². The Bertz CT molecular complexity index is 1470. The Hall–Kier alpha value is -3.56. The summed E-state index contributed by atoms with van der Waals surface area (Å²) in [5, 5.41) is 8.22. The van der Waals surface area contributed by atoms with E-state index < -0.39 is 5.54 Å². The van der Waals surface area contributed by atoms with Crippen molar-refractivity contribution in [3.8, 4) is 11.1 Å². The minimum absolute atomic E-state index is 0.125. The van der Waals surface area contributed by atoms with E-state index in [1.165, 1.54) is 0 Å². The fourth-order valence-corrected chi connectivity index (χ4v) is 6.70. The van der Waals surface area contributed by atoms with Crippen LogP contribution in [0.25, 0.3) is 22.0 Å². The molecule has 1 atom stereocenters. The lowest BCUT2D eigenvalue weighted by molar-refractivity contribution is -0.133. The molecule has 3 fully saturated rings. The van der Waals surface area contributed by atoms with Crippen molar-refractivity contribution in [3.63, 3.8) is 0 Å². The Morgan fingerprint density at radius 1 is 1.02 bits per heavy atom. The number of amides is 2. The van der Waals surface area contributed by atoms with Crippen LogP contribution in [0.5, 0.6) is 0 Å². The number of hydrogen-bond donors (Lipinski definition) is 1. The zero-order chi connectivity index (χ0) is 28.0. The molecule has 3 aromatic rings. The van der Waals surface area contributed by atoms with E-state index in [2.05, 4.69) is 57.6 Å². The van der Waals surface area contributed by atoms with Crippen LogP contribution in [-0.4, -0.2) is 101 Å². The molecule has 9 heteroatoms. The summed E-state index contributed by atoms with van der Waals surface area (Å²) in [7, 11) is 1.73. The molecular formula is C32H38N6O3. The third kappa shape index (κ3) is 5.06. The van der Waals surface area contributed by atoms with Crippen LogP contribution in [0.3, 0.4) is 0 Å². The standard InChI is InChI=1S/C32H38N6O3/c1-41-17-16-36-14-11-32(12-15-36)31(40)38(21-22-10-13-37(20-22)30(39)25-6-7-25)29(34-32)24-4-2-23(3-5-24)26-8-9-28-27(18-26)19-33-35-28/h2-5,8-9,18-19,22,25H,6-7,10-17,20-21H2,1H3,(H,33,35)/t22-/m1/s1. The van der Waals surface area contributed by atoms with Crippen molar-refractivity contribution in [2.45, 2.75) is 37.6 Å². The van der Waals surface area contributed by atoms with Crippen molar-refractivity contribution in [2.75, 3.05) is 53.0 Å². The largest absolute Gasteiger partial charge is 0.383 e. The van der Waals surface area contributed by atoms with Gasteiger partial charge in [0.2, 0.25) is 5.91 Å². The van der Waals surface area contributed by atoms with Gasteiger partial charge >= 0.3 is 0 Å². The van der Waals surface area contributed by atoms with Gasteiger partial charge in [0.25, 0.3) is 5.91 Å². The van der Waals surface area contributed by atoms with E-state index in [9.17, 15) is 9.59 Å². The average molecular weight is 555 g/mol. The van der Waals surface area contributed by atoms with Crippen molar-refractivity contribution in [2.24, 2.45) is 16.8 Å². The van der Waals surface area contributed by atoms with Gasteiger partial charge in [-0.2, -0.15) is 5.10 Å². The molecule has 1 spiro atoms. The third-order valence-corrected chi connectivity index (χ3v) is 9.40. The minimum atomic E-state index is -0.702. The van der Waals surface area contributed by atoms with Crippen LogP contribution < -0.4 is 0 Å². The number of ether oxygens (including phenoxy) is 1. The summed E-state index contributed by atoms with van der Waals surface area (Å²) in [6.07, 6.45) is 6.26. The van der Waals surface area contributed by atoms with Gasteiger partial charge in [-0.15, -0.1) is 0 Å². The predicted molar refractivity (Wildman–Crippen MR) is 157 cm³/mol. The lowest BCUT2D eigenvalue weighted by atomic mass is 9.87. The van der Waals surface area contributed by atoms with Crippen LogP contribution in [0.4, 0.5) is 0 Å². The molecule has 2 saturated heterocycles. The number of likely N-dealkylation sites (tertiary alicyclic amines) is 2. The Morgan fingerprint density at radius 3 is 2.54 bits per heavy atom. The quantitative estimate of drug-likeness (QED) is 0.460. The smallest absolute Gasteiger partial charge is 0.256 e. The Morgan fingerprint density at radius 2 is 1.78 bits per heavy atom. The fraction of sp³-hybridized carbons (Fsp3) is 0.500. The first-order valence-corrected chi connectivity index (χ1v) is 15.0. The number of rotatable bonds is 8. The van der Waals surface area contributed by atoms with Gasteiger partial charge in [0, 0.05) is 63.2 Å². The van der Waals surface area contributed by atoms with E-state index in [1.54, 1.807) is 7.11 Å². The summed E-state index contributed by atoms with van der Waals surface area (Å²) in [5.74, 6) is 1.71. The summed E-state index contributed by atoms with van der Waals surface area (Å²) >= 11 is 0. The molecule has 41 heavy (non-hydrogen) atoms. The number of aliphatic imine (C=N–C) groups is 1. The lowest BCUT2D eigenvalue weighted by Gasteiger charge is -2.36. The number of amidine groups is 1. The number of methoxy groups -OCH3 is 1. The predicted octanol–water partition coefficient (Wildman–Crippen LogP) is 3.56. The Kier molecular flexibility index (Phi) is 6.87. The Labute approximate surface area is 240 Å². The molecule has 2 amide bonds. The van der Waals surface area contributed by atoms with Gasteiger partial charge < -0.3 is 14.5 Å². The molecule has 2 aromatic carbocycles. The van der Waals surface area contributed by atoms with E-state index in [0.717, 1.165) is 98.3 Å². The summed E-state index contributed by atoms with van der Waals surface area (Å²) in [5.41, 5.74) is 3.51. The van der Waals surface area contributed by atoms with Crippen LogP contribution in [0.1, 0.15) is 37.7 Å². The van der Waals surface area contributed by atoms with Gasteiger partial charge in [-0.05, 0) is 61.3 Å². The number of aromatic amines is 1. The highest BCUT2D eigenvalue weighted by Crippen LogP contribution is 2.37. The molecule has 9 nitrogen and oxygen atoms in total. The summed E-state index contributed by atoms with van der Waals surface area (Å²) in [6, 6.07) is 14.7. The molecule has 4 aliphatic rings. The van der Waals surface area contributed by atoms with Gasteiger partial charge in [-0.3, -0.25) is 24.6 Å². The van der Waals surface area contributed by atoms with Crippen LogP contribution in [0.15, 0.2) is 53.7 Å². The number of carbonyl (C=O) groups is 2. The van der Waals surface area contributed by atoms with Gasteiger partial charge in [0.15, 0.2) is 0 Å². The summed E-state index contributed by atoms with van der Waals surface area (Å²) < 4.78 is 5.27. The number of hydrogen-bond acceptors (Lipinski definition) is 6. The van der Waals surface area contributed by atoms with Crippen molar-refractivity contribution >= 4 is 28.6 Å². The molecule has 0 unspecified atom stereocenters. The highest BCUT2D eigenvalue weighted by molar-refractivity contribution is 6.15. The second-order valence-electron chi connectivity index (χ2n) is 12.2. The van der Waals surface area contributed by atoms with E-state index in [-0.39, 0.29) is 17.7 Å². The van der Waals surface area contributed by atoms with Crippen molar-refractivity contribution < 1.29 is 14.3 Å². The van der Waals surface area contributed by atoms with Crippen LogP contribution >= 0.6 is 0 Å². The Balaban J connectivity index is 1.14. The molecule has 0 radical (unpaired) electrons. The molecule has 1 saturated carbocycles. The first-order valence-electron chi connectivity index (χ1n) is 15.0. The number of H-pyrrole nitrogens is 1. The number of benzene rings is 2. The highest BCUT2D eigenvalue weighted by atomic mass is 16.5. The number of carbonyl (C=O) groups excluding carboxylic acids is 2. The van der Waals surface area contributed by atoms with Gasteiger partial charge in [-0.25, -0.2) is 0 Å². The van der Waals surface area contributed by atoms with E-state index >= 15 is 0 Å². The van der Waals surface area contributed by atoms with Crippen LogP contribution in [-0.2, 0) is 14.3 Å².